The Morgan fingerprint density at radius 2 is 1.81 bits per heavy atom. The lowest BCUT2D eigenvalue weighted by Crippen LogP contribution is -2.51. The smallest absolute Gasteiger partial charge is 0.261 e. The lowest BCUT2D eigenvalue weighted by Gasteiger charge is -2.35. The molecule has 1 unspecified atom stereocenters. The molecule has 0 radical (unpaired) electrons. The largest absolute Gasteiger partial charge is 0.322 e. The van der Waals surface area contributed by atoms with Crippen molar-refractivity contribution in [2.45, 2.75) is 70.3 Å². The first-order chi connectivity index (χ1) is 17.4. The van der Waals surface area contributed by atoms with Gasteiger partial charge in [-0.05, 0) is 61.6 Å². The zero-order valence-corrected chi connectivity index (χ0v) is 20.4. The third kappa shape index (κ3) is 4.32. The first kappa shape index (κ1) is 23.9. The molecule has 2 N–H and O–H groups in total. The highest BCUT2D eigenvalue weighted by Crippen LogP contribution is 2.36. The molecule has 2 aromatic carbocycles. The summed E-state index contributed by atoms with van der Waals surface area (Å²) in [5.41, 5.74) is 1.58. The van der Waals surface area contributed by atoms with Gasteiger partial charge in [-0.3, -0.25) is 29.1 Å². The van der Waals surface area contributed by atoms with E-state index >= 15 is 0 Å². The van der Waals surface area contributed by atoms with E-state index in [-0.39, 0.29) is 23.3 Å². The van der Waals surface area contributed by atoms with Gasteiger partial charge in [-0.25, -0.2) is 4.98 Å². The quantitative estimate of drug-likeness (QED) is 0.545. The second-order valence-corrected chi connectivity index (χ2v) is 9.73. The second-order valence-electron chi connectivity index (χ2n) is 9.73. The van der Waals surface area contributed by atoms with Crippen molar-refractivity contribution in [2.24, 2.45) is 0 Å². The molecule has 0 bridgehead atoms. The van der Waals surface area contributed by atoms with Crippen LogP contribution >= 0.6 is 0 Å². The van der Waals surface area contributed by atoms with Crippen LogP contribution in [-0.2, 0) is 28.0 Å². The molecule has 2 aliphatic heterocycles. The molecule has 0 saturated carbocycles. The number of aromatic nitrogens is 2. The predicted molar refractivity (Wildman–Crippen MR) is 137 cm³/mol. The third-order valence-electron chi connectivity index (χ3n) is 7.59. The van der Waals surface area contributed by atoms with Gasteiger partial charge >= 0.3 is 0 Å². The molecule has 8 heteroatoms. The first-order valence-corrected chi connectivity index (χ1v) is 12.7. The Balaban J connectivity index is 1.37. The number of carbonyl (C=O) groups is 3. The van der Waals surface area contributed by atoms with E-state index in [2.05, 4.69) is 10.6 Å². The Kier molecular flexibility index (Phi) is 6.43. The molecular weight excluding hydrogens is 456 g/mol. The van der Waals surface area contributed by atoms with Crippen LogP contribution in [0.2, 0.25) is 0 Å². The molecule has 2 aliphatic rings. The number of carbonyl (C=O) groups excluding carboxylic acids is 3. The van der Waals surface area contributed by atoms with Crippen LogP contribution in [0.5, 0.6) is 0 Å². The maximum Gasteiger partial charge on any atom is 0.261 e. The molecule has 3 amide bonds. The van der Waals surface area contributed by atoms with Crippen LogP contribution in [-0.4, -0.2) is 27.3 Å². The first-order valence-electron chi connectivity index (χ1n) is 12.7. The molecule has 0 spiro atoms. The molecule has 186 valence electrons. The van der Waals surface area contributed by atoms with Crippen LogP contribution in [0, 0.1) is 0 Å². The van der Waals surface area contributed by atoms with E-state index in [0.717, 1.165) is 43.5 Å². The minimum Gasteiger partial charge on any atom is -0.322 e. The second kappa shape index (κ2) is 9.68. The molecule has 0 aliphatic carbocycles. The van der Waals surface area contributed by atoms with Crippen LogP contribution in [0.3, 0.4) is 0 Å². The van der Waals surface area contributed by atoms with Crippen LogP contribution < -0.4 is 16.2 Å². The molecule has 8 nitrogen and oxygen atoms in total. The van der Waals surface area contributed by atoms with Gasteiger partial charge in [0.15, 0.2) is 0 Å². The van der Waals surface area contributed by atoms with Crippen molar-refractivity contribution >= 4 is 34.3 Å². The lowest BCUT2D eigenvalue weighted by molar-refractivity contribution is -0.138. The summed E-state index contributed by atoms with van der Waals surface area (Å²) in [4.78, 5) is 55.0. The van der Waals surface area contributed by atoms with Crippen molar-refractivity contribution in [3.05, 3.63) is 69.8 Å². The van der Waals surface area contributed by atoms with Crippen molar-refractivity contribution in [3.63, 3.8) is 0 Å². The van der Waals surface area contributed by atoms with Crippen LogP contribution in [0.25, 0.3) is 10.9 Å². The molecule has 1 fully saturated rings. The number of amides is 3. The summed E-state index contributed by atoms with van der Waals surface area (Å²) in [6, 6.07) is 12.2. The minimum atomic E-state index is -0.744. The zero-order chi connectivity index (χ0) is 25.3. The normalized spacial score (nSPS) is 20.2. The molecule has 3 heterocycles. The van der Waals surface area contributed by atoms with Crippen molar-refractivity contribution in [1.29, 1.82) is 0 Å². The number of benzene rings is 2. The highest BCUT2D eigenvalue weighted by atomic mass is 16.2. The number of piperidine rings is 1. The van der Waals surface area contributed by atoms with Crippen molar-refractivity contribution in [2.75, 3.05) is 5.32 Å². The summed E-state index contributed by atoms with van der Waals surface area (Å²) >= 11 is 0. The fourth-order valence-corrected chi connectivity index (χ4v) is 5.38. The summed E-state index contributed by atoms with van der Waals surface area (Å²) in [7, 11) is 0. The lowest BCUT2D eigenvalue weighted by atomic mass is 9.72. The summed E-state index contributed by atoms with van der Waals surface area (Å²) in [6.45, 7) is 2.62. The van der Waals surface area contributed by atoms with Crippen molar-refractivity contribution in [3.8, 4) is 0 Å². The van der Waals surface area contributed by atoms with E-state index in [9.17, 15) is 19.2 Å². The maximum absolute atomic E-state index is 13.0. The number of nitrogens with one attached hydrogen (secondary N) is 2. The fraction of sp³-hybridized carbons (Fsp3) is 0.393. The average Bonchev–Trinajstić information content (AvgIpc) is 2.86. The van der Waals surface area contributed by atoms with E-state index in [1.54, 1.807) is 34.9 Å². The number of anilines is 1. The van der Waals surface area contributed by atoms with E-state index in [1.165, 1.54) is 0 Å². The van der Waals surface area contributed by atoms with Gasteiger partial charge in [0.05, 0.1) is 16.3 Å². The van der Waals surface area contributed by atoms with Gasteiger partial charge < -0.3 is 5.32 Å². The number of imide groups is 1. The maximum atomic E-state index is 13.0. The van der Waals surface area contributed by atoms with Gasteiger partial charge in [-0.2, -0.15) is 0 Å². The van der Waals surface area contributed by atoms with Crippen LogP contribution in [0.15, 0.2) is 47.3 Å². The zero-order valence-electron chi connectivity index (χ0n) is 20.4. The Morgan fingerprint density at radius 3 is 2.56 bits per heavy atom. The molecule has 1 atom stereocenters. The van der Waals surface area contributed by atoms with Gasteiger partial charge in [-0.1, -0.05) is 31.9 Å². The number of aryl methyl sites for hydroxylation is 1. The van der Waals surface area contributed by atoms with Crippen molar-refractivity contribution in [1.82, 2.24) is 14.9 Å². The summed E-state index contributed by atoms with van der Waals surface area (Å²) in [6.07, 6.45) is 6.35. The Labute approximate surface area is 209 Å². The van der Waals surface area contributed by atoms with Gasteiger partial charge in [0.2, 0.25) is 11.8 Å². The monoisotopic (exact) mass is 486 g/mol. The van der Waals surface area contributed by atoms with Crippen LogP contribution in [0.4, 0.5) is 5.69 Å². The summed E-state index contributed by atoms with van der Waals surface area (Å²) in [5, 5.41) is 5.87. The number of rotatable bonds is 4. The van der Waals surface area contributed by atoms with Gasteiger partial charge in [-0.15, -0.1) is 0 Å². The van der Waals surface area contributed by atoms with Crippen molar-refractivity contribution < 1.29 is 14.4 Å². The average molecular weight is 487 g/mol. The Bertz CT molecular complexity index is 1410. The SMILES string of the molecule is CCC1(c2ccc(NC(=O)c3ccc4c(=O)n5c(nc4c3)CCCCCC5)cc2)CCC(=O)NC1=O. The number of nitrogens with zero attached hydrogens (tertiary/aromatic N) is 2. The standard InChI is InChI=1S/C28H30N4O4/c1-2-28(15-14-24(33)31-27(28)36)19-9-11-20(12-10-19)29-25(34)18-8-13-21-22(17-18)30-23-7-5-3-4-6-16-32(23)26(21)35/h8-13,17H,2-7,14-16H2,1H3,(H,29,34)(H,31,33,36). The number of hydrogen-bond donors (Lipinski definition) is 2. The van der Waals surface area contributed by atoms with E-state index in [4.69, 9.17) is 4.98 Å². The number of fused-ring (bicyclic) bond motifs is 2. The highest BCUT2D eigenvalue weighted by molar-refractivity contribution is 6.06. The van der Waals surface area contributed by atoms with Crippen LogP contribution in [0.1, 0.15) is 73.6 Å². The molecule has 1 aromatic heterocycles. The summed E-state index contributed by atoms with van der Waals surface area (Å²) < 4.78 is 1.79. The van der Waals surface area contributed by atoms with Gasteiger partial charge in [0.1, 0.15) is 5.82 Å². The van der Waals surface area contributed by atoms with Gasteiger partial charge in [0.25, 0.3) is 11.5 Å². The minimum absolute atomic E-state index is 0.0438. The fourth-order valence-electron chi connectivity index (χ4n) is 5.38. The van der Waals surface area contributed by atoms with E-state index in [1.807, 2.05) is 19.1 Å². The van der Waals surface area contributed by atoms with Gasteiger partial charge in [0, 0.05) is 30.6 Å². The summed E-state index contributed by atoms with van der Waals surface area (Å²) in [5.74, 6) is -0.0265. The third-order valence-corrected chi connectivity index (χ3v) is 7.59. The van der Waals surface area contributed by atoms with E-state index in [0.29, 0.717) is 48.0 Å². The molecular formula is C28H30N4O4. The molecule has 1 saturated heterocycles. The molecule has 36 heavy (non-hydrogen) atoms. The van der Waals surface area contributed by atoms with E-state index < -0.39 is 5.41 Å². The Hall–Kier alpha value is -3.81. The highest BCUT2D eigenvalue weighted by Gasteiger charge is 2.42. The molecule has 3 aromatic rings. The number of hydrogen-bond acceptors (Lipinski definition) is 5. The molecule has 5 rings (SSSR count). The predicted octanol–water partition coefficient (Wildman–Crippen LogP) is 3.85. The topological polar surface area (TPSA) is 110 Å². The Morgan fingerprint density at radius 1 is 1.03 bits per heavy atom.